The van der Waals surface area contributed by atoms with E-state index in [-0.39, 0.29) is 17.5 Å². The summed E-state index contributed by atoms with van der Waals surface area (Å²) in [6.07, 6.45) is 7.20. The molecule has 1 saturated carbocycles. The van der Waals surface area contributed by atoms with E-state index < -0.39 is 0 Å². The highest BCUT2D eigenvalue weighted by atomic mass is 16.2. The molecule has 0 bridgehead atoms. The Hall–Kier alpha value is -2.28. The van der Waals surface area contributed by atoms with Crippen molar-refractivity contribution in [2.75, 3.05) is 7.05 Å². The van der Waals surface area contributed by atoms with Crippen LogP contribution in [0.25, 0.3) is 0 Å². The molecule has 0 atom stereocenters. The van der Waals surface area contributed by atoms with Crippen molar-refractivity contribution in [3.05, 3.63) is 47.7 Å². The van der Waals surface area contributed by atoms with Crippen molar-refractivity contribution in [3.63, 3.8) is 0 Å². The SMILES string of the molecule is CN(C(=O)/C(C#N)=C\NCc1ccccc1)C1CCCCC1. The maximum Gasteiger partial charge on any atom is 0.265 e. The third kappa shape index (κ3) is 4.36. The molecule has 4 heteroatoms. The van der Waals surface area contributed by atoms with Crippen LogP contribution >= 0.6 is 0 Å². The molecule has 0 aliphatic heterocycles. The van der Waals surface area contributed by atoms with Crippen LogP contribution in [-0.4, -0.2) is 23.9 Å². The molecule has 2 rings (SSSR count). The third-order valence-corrected chi connectivity index (χ3v) is 4.19. The zero-order valence-corrected chi connectivity index (χ0v) is 13.1. The molecule has 1 aliphatic carbocycles. The number of rotatable bonds is 5. The van der Waals surface area contributed by atoms with Gasteiger partial charge >= 0.3 is 0 Å². The van der Waals surface area contributed by atoms with Crippen molar-refractivity contribution in [1.29, 1.82) is 5.26 Å². The van der Waals surface area contributed by atoms with Gasteiger partial charge in [0, 0.05) is 25.8 Å². The number of amides is 1. The second-order valence-electron chi connectivity index (χ2n) is 5.74. The predicted octanol–water partition coefficient (Wildman–Crippen LogP) is 2.97. The summed E-state index contributed by atoms with van der Waals surface area (Å²) in [5.74, 6) is -0.185. The molecule has 1 fully saturated rings. The van der Waals surface area contributed by atoms with Crippen LogP contribution in [0.4, 0.5) is 0 Å². The van der Waals surface area contributed by atoms with Crippen molar-refractivity contribution >= 4 is 5.91 Å². The van der Waals surface area contributed by atoms with Gasteiger partial charge in [0.15, 0.2) is 0 Å². The summed E-state index contributed by atoms with van der Waals surface area (Å²) < 4.78 is 0. The Morgan fingerprint density at radius 1 is 1.32 bits per heavy atom. The number of nitriles is 1. The highest BCUT2D eigenvalue weighted by Gasteiger charge is 2.24. The number of carbonyl (C=O) groups excluding carboxylic acids is 1. The number of likely N-dealkylation sites (N-methyl/N-ethyl adjacent to an activating group) is 1. The van der Waals surface area contributed by atoms with E-state index in [1.807, 2.05) is 36.4 Å². The van der Waals surface area contributed by atoms with E-state index in [4.69, 9.17) is 0 Å². The minimum Gasteiger partial charge on any atom is -0.386 e. The van der Waals surface area contributed by atoms with Gasteiger partial charge in [-0.2, -0.15) is 5.26 Å². The lowest BCUT2D eigenvalue weighted by Gasteiger charge is -2.31. The molecule has 1 aromatic carbocycles. The zero-order valence-electron chi connectivity index (χ0n) is 13.1. The smallest absolute Gasteiger partial charge is 0.265 e. The average Bonchev–Trinajstić information content (AvgIpc) is 2.59. The van der Waals surface area contributed by atoms with E-state index >= 15 is 0 Å². The number of benzene rings is 1. The van der Waals surface area contributed by atoms with Crippen LogP contribution in [0.15, 0.2) is 42.1 Å². The van der Waals surface area contributed by atoms with Gasteiger partial charge in [-0.25, -0.2) is 0 Å². The van der Waals surface area contributed by atoms with Crippen molar-refractivity contribution in [1.82, 2.24) is 10.2 Å². The molecule has 0 aromatic heterocycles. The van der Waals surface area contributed by atoms with Crippen LogP contribution in [-0.2, 0) is 11.3 Å². The summed E-state index contributed by atoms with van der Waals surface area (Å²) in [5, 5.41) is 12.3. The van der Waals surface area contributed by atoms with Gasteiger partial charge in [-0.15, -0.1) is 0 Å². The van der Waals surface area contributed by atoms with Gasteiger partial charge in [-0.05, 0) is 18.4 Å². The Kier molecular flexibility index (Phi) is 6.02. The third-order valence-electron chi connectivity index (χ3n) is 4.19. The molecule has 116 valence electrons. The molecule has 1 aromatic rings. The van der Waals surface area contributed by atoms with Crippen LogP contribution in [0.5, 0.6) is 0 Å². The number of carbonyl (C=O) groups is 1. The van der Waals surface area contributed by atoms with Crippen LogP contribution in [0.2, 0.25) is 0 Å². The Morgan fingerprint density at radius 2 is 2.00 bits per heavy atom. The topological polar surface area (TPSA) is 56.1 Å². The predicted molar refractivity (Wildman–Crippen MR) is 86.6 cm³/mol. The molecule has 1 aliphatic rings. The molecule has 0 unspecified atom stereocenters. The molecule has 1 N–H and O–H groups in total. The summed E-state index contributed by atoms with van der Waals surface area (Å²) in [7, 11) is 1.81. The monoisotopic (exact) mass is 297 g/mol. The fourth-order valence-corrected chi connectivity index (χ4v) is 2.83. The lowest BCUT2D eigenvalue weighted by molar-refractivity contribution is -0.128. The number of hydrogen-bond acceptors (Lipinski definition) is 3. The van der Waals surface area contributed by atoms with Crippen molar-refractivity contribution in [3.8, 4) is 6.07 Å². The normalized spacial score (nSPS) is 15.9. The molecular formula is C18H23N3O. The lowest BCUT2D eigenvalue weighted by Crippen LogP contribution is -2.39. The van der Waals surface area contributed by atoms with E-state index in [0.717, 1.165) is 18.4 Å². The standard InChI is InChI=1S/C18H23N3O/c1-21(17-10-6-3-7-11-17)18(22)16(12-19)14-20-13-15-8-4-2-5-9-15/h2,4-5,8-9,14,17,20H,3,6-7,10-11,13H2,1H3/b16-14-. The maximum atomic E-state index is 12.4. The second kappa shape index (κ2) is 8.23. The van der Waals surface area contributed by atoms with E-state index in [9.17, 15) is 10.1 Å². The summed E-state index contributed by atoms with van der Waals surface area (Å²) in [4.78, 5) is 14.1. The molecule has 0 saturated heterocycles. The van der Waals surface area contributed by atoms with Crippen LogP contribution in [0, 0.1) is 11.3 Å². The molecule has 4 nitrogen and oxygen atoms in total. The molecule has 0 heterocycles. The highest BCUT2D eigenvalue weighted by Crippen LogP contribution is 2.22. The second-order valence-corrected chi connectivity index (χ2v) is 5.74. The van der Waals surface area contributed by atoms with Gasteiger partial charge in [0.25, 0.3) is 5.91 Å². The molecule has 0 spiro atoms. The summed E-state index contributed by atoms with van der Waals surface area (Å²) in [5.41, 5.74) is 1.29. The van der Waals surface area contributed by atoms with E-state index in [1.54, 1.807) is 11.9 Å². The number of nitrogens with one attached hydrogen (secondary N) is 1. The van der Waals surface area contributed by atoms with Gasteiger partial charge in [-0.1, -0.05) is 49.6 Å². The quantitative estimate of drug-likeness (QED) is 0.671. The Bertz CT molecular complexity index is 553. The highest BCUT2D eigenvalue weighted by molar-refractivity contribution is 5.97. The lowest BCUT2D eigenvalue weighted by atomic mass is 9.94. The van der Waals surface area contributed by atoms with Crippen LogP contribution in [0.1, 0.15) is 37.7 Å². The van der Waals surface area contributed by atoms with Gasteiger partial charge in [0.2, 0.25) is 0 Å². The fourth-order valence-electron chi connectivity index (χ4n) is 2.83. The first kappa shape index (κ1) is 16.1. The van der Waals surface area contributed by atoms with Gasteiger partial charge in [0.1, 0.15) is 11.6 Å². The zero-order chi connectivity index (χ0) is 15.8. The van der Waals surface area contributed by atoms with E-state index in [0.29, 0.717) is 6.54 Å². The summed E-state index contributed by atoms with van der Waals surface area (Å²) in [6, 6.07) is 12.2. The maximum absolute atomic E-state index is 12.4. The van der Waals surface area contributed by atoms with Gasteiger partial charge < -0.3 is 10.2 Å². The molecule has 1 amide bonds. The summed E-state index contributed by atoms with van der Waals surface area (Å²) >= 11 is 0. The van der Waals surface area contributed by atoms with Crippen molar-refractivity contribution in [2.24, 2.45) is 0 Å². The average molecular weight is 297 g/mol. The number of hydrogen-bond donors (Lipinski definition) is 1. The molecule has 0 radical (unpaired) electrons. The minimum atomic E-state index is -0.185. The Morgan fingerprint density at radius 3 is 2.64 bits per heavy atom. The van der Waals surface area contributed by atoms with E-state index in [2.05, 4.69) is 5.32 Å². The van der Waals surface area contributed by atoms with Crippen LogP contribution < -0.4 is 5.32 Å². The first-order chi connectivity index (χ1) is 10.7. The van der Waals surface area contributed by atoms with Crippen molar-refractivity contribution in [2.45, 2.75) is 44.7 Å². The van der Waals surface area contributed by atoms with Crippen LogP contribution in [0.3, 0.4) is 0 Å². The Balaban J connectivity index is 1.93. The molecule has 22 heavy (non-hydrogen) atoms. The number of nitrogens with zero attached hydrogens (tertiary/aromatic N) is 2. The molecular weight excluding hydrogens is 274 g/mol. The fraction of sp³-hybridized carbons (Fsp3) is 0.444. The van der Waals surface area contributed by atoms with Crippen molar-refractivity contribution < 1.29 is 4.79 Å². The first-order valence-corrected chi connectivity index (χ1v) is 7.87. The minimum absolute atomic E-state index is 0.170. The Labute approximate surface area is 132 Å². The van der Waals surface area contributed by atoms with Gasteiger partial charge in [0.05, 0.1) is 0 Å². The van der Waals surface area contributed by atoms with E-state index in [1.165, 1.54) is 25.5 Å². The summed E-state index contributed by atoms with van der Waals surface area (Å²) in [6.45, 7) is 0.604. The first-order valence-electron chi connectivity index (χ1n) is 7.87. The largest absolute Gasteiger partial charge is 0.386 e. The van der Waals surface area contributed by atoms with Gasteiger partial charge in [-0.3, -0.25) is 4.79 Å².